The van der Waals surface area contributed by atoms with E-state index < -0.39 is 47.6 Å². The van der Waals surface area contributed by atoms with Crippen molar-refractivity contribution in [3.8, 4) is 0 Å². The number of hydrogen-bond donors (Lipinski definition) is 0. The maximum absolute atomic E-state index is 12.8. The molecule has 4 atom stereocenters. The quantitative estimate of drug-likeness (QED) is 0.261. The molecule has 0 unspecified atom stereocenters. The molecule has 0 amide bonds. The van der Waals surface area contributed by atoms with Crippen LogP contribution in [0.15, 0.2) is 91.0 Å². The summed E-state index contributed by atoms with van der Waals surface area (Å²) in [5.41, 5.74) is 1.84. The summed E-state index contributed by atoms with van der Waals surface area (Å²) >= 11 is 0. The van der Waals surface area contributed by atoms with Crippen LogP contribution in [0, 0.1) is 0 Å². The van der Waals surface area contributed by atoms with Crippen molar-refractivity contribution in [2.75, 3.05) is 13.7 Å². The molecular formula is C30H30O7. The number of hydrogen-bond acceptors (Lipinski definition) is 7. The molecule has 7 heteroatoms. The number of esters is 1. The normalized spacial score (nSPS) is 24.4. The molecule has 192 valence electrons. The Balaban J connectivity index is 1.54. The third kappa shape index (κ3) is 4.71. The van der Waals surface area contributed by atoms with Gasteiger partial charge in [0.05, 0.1) is 13.7 Å². The van der Waals surface area contributed by atoms with Gasteiger partial charge in [0.15, 0.2) is 11.9 Å². The molecule has 2 saturated heterocycles. The Bertz CT molecular complexity index is 1130. The number of carbonyl (C=O) groups is 2. The number of methoxy groups -OCH3 is 1. The molecule has 0 radical (unpaired) electrons. The minimum absolute atomic E-state index is 0.0737. The van der Waals surface area contributed by atoms with Crippen molar-refractivity contribution in [3.63, 3.8) is 0 Å². The first-order valence-electron chi connectivity index (χ1n) is 12.3. The number of fused-ring (bicyclic) bond motifs is 1. The smallest absolute Gasteiger partial charge is 0.377 e. The fourth-order valence-corrected chi connectivity index (χ4v) is 5.22. The summed E-state index contributed by atoms with van der Waals surface area (Å²) in [4.78, 5) is 24.8. The third-order valence-corrected chi connectivity index (χ3v) is 6.80. The average molecular weight is 503 g/mol. The van der Waals surface area contributed by atoms with E-state index in [1.165, 1.54) is 0 Å². The summed E-state index contributed by atoms with van der Waals surface area (Å²) < 4.78 is 29.7. The van der Waals surface area contributed by atoms with E-state index in [1.54, 1.807) is 13.8 Å². The fourth-order valence-electron chi connectivity index (χ4n) is 5.22. The fraction of sp³-hybridized carbons (Fsp3) is 0.333. The van der Waals surface area contributed by atoms with Gasteiger partial charge in [-0.05, 0) is 30.5 Å². The van der Waals surface area contributed by atoms with Gasteiger partial charge in [0.1, 0.15) is 23.9 Å². The highest BCUT2D eigenvalue weighted by Gasteiger charge is 2.58. The van der Waals surface area contributed by atoms with Gasteiger partial charge < -0.3 is 23.7 Å². The third-order valence-electron chi connectivity index (χ3n) is 6.80. The van der Waals surface area contributed by atoms with Crippen LogP contribution in [0.3, 0.4) is 0 Å². The second-order valence-electron chi connectivity index (χ2n) is 9.61. The van der Waals surface area contributed by atoms with Crippen LogP contribution in [0.25, 0.3) is 0 Å². The lowest BCUT2D eigenvalue weighted by atomic mass is 9.80. The minimum Gasteiger partial charge on any atom is -0.463 e. The monoisotopic (exact) mass is 502 g/mol. The first-order chi connectivity index (χ1) is 17.9. The van der Waals surface area contributed by atoms with Gasteiger partial charge >= 0.3 is 5.97 Å². The van der Waals surface area contributed by atoms with Crippen molar-refractivity contribution in [1.29, 1.82) is 0 Å². The second kappa shape index (κ2) is 10.2. The molecule has 2 heterocycles. The molecular weight excluding hydrogens is 472 g/mol. The number of carbonyl (C=O) groups excluding carboxylic acids is 2. The van der Waals surface area contributed by atoms with Crippen molar-refractivity contribution in [2.24, 2.45) is 0 Å². The van der Waals surface area contributed by atoms with E-state index in [1.807, 2.05) is 91.0 Å². The molecule has 2 aliphatic heterocycles. The minimum atomic E-state index is -1.15. The van der Waals surface area contributed by atoms with Gasteiger partial charge in [0.25, 0.3) is 5.78 Å². The summed E-state index contributed by atoms with van der Waals surface area (Å²) in [5.74, 6) is -2.73. The maximum Gasteiger partial charge on any atom is 0.377 e. The molecule has 2 aliphatic rings. The van der Waals surface area contributed by atoms with Crippen molar-refractivity contribution in [2.45, 2.75) is 49.7 Å². The average Bonchev–Trinajstić information content (AvgIpc) is 3.43. The van der Waals surface area contributed by atoms with Gasteiger partial charge in [0, 0.05) is 0 Å². The number of ether oxygens (including phenoxy) is 5. The number of rotatable bonds is 8. The van der Waals surface area contributed by atoms with Gasteiger partial charge in [-0.1, -0.05) is 91.0 Å². The van der Waals surface area contributed by atoms with Crippen LogP contribution < -0.4 is 0 Å². The van der Waals surface area contributed by atoms with Gasteiger partial charge in [-0.15, -0.1) is 0 Å². The van der Waals surface area contributed by atoms with E-state index in [0.717, 1.165) is 23.8 Å². The van der Waals surface area contributed by atoms with Crippen molar-refractivity contribution < 1.29 is 33.3 Å². The van der Waals surface area contributed by atoms with Gasteiger partial charge in [-0.25, -0.2) is 4.79 Å². The highest BCUT2D eigenvalue weighted by atomic mass is 16.8. The Hall–Kier alpha value is -3.36. The van der Waals surface area contributed by atoms with Crippen LogP contribution >= 0.6 is 0 Å². The Morgan fingerprint density at radius 2 is 1.24 bits per heavy atom. The Morgan fingerprint density at radius 1 is 0.784 bits per heavy atom. The van der Waals surface area contributed by atoms with Crippen molar-refractivity contribution in [3.05, 3.63) is 108 Å². The largest absolute Gasteiger partial charge is 0.463 e. The van der Waals surface area contributed by atoms with Crippen LogP contribution in [-0.4, -0.2) is 55.7 Å². The van der Waals surface area contributed by atoms with Crippen molar-refractivity contribution >= 4 is 11.8 Å². The number of ketones is 1. The first kappa shape index (κ1) is 25.3. The molecule has 37 heavy (non-hydrogen) atoms. The number of benzene rings is 3. The molecule has 0 aromatic heterocycles. The summed E-state index contributed by atoms with van der Waals surface area (Å²) in [5, 5.41) is 0. The zero-order chi connectivity index (χ0) is 26.0. The first-order valence-corrected chi connectivity index (χ1v) is 12.3. The van der Waals surface area contributed by atoms with Crippen molar-refractivity contribution in [1.82, 2.24) is 0 Å². The summed E-state index contributed by atoms with van der Waals surface area (Å²) in [6.45, 7) is 3.61. The molecule has 2 fully saturated rings. The van der Waals surface area contributed by atoms with Crippen LogP contribution in [0.5, 0.6) is 0 Å². The summed E-state index contributed by atoms with van der Waals surface area (Å²) in [6, 6.07) is 29.9. The Kier molecular flexibility index (Phi) is 6.96. The molecule has 0 spiro atoms. The predicted octanol–water partition coefficient (Wildman–Crippen LogP) is 4.02. The second-order valence-corrected chi connectivity index (χ2v) is 9.61. The lowest BCUT2D eigenvalue weighted by Crippen LogP contribution is -2.40. The topological polar surface area (TPSA) is 80.3 Å². The van der Waals surface area contributed by atoms with Gasteiger partial charge in [0.2, 0.25) is 0 Å². The molecule has 3 aromatic rings. The Morgan fingerprint density at radius 3 is 1.70 bits per heavy atom. The SMILES string of the molecule is COC(=O)C(=O)[C@@H]1O[C@H](COC(c2ccccc2)(c2ccccc2)c2ccccc2)[C@H]2OC(C)(C)O[C@H]21. The Labute approximate surface area is 216 Å². The lowest BCUT2D eigenvalue weighted by molar-refractivity contribution is -0.197. The van der Waals surface area contributed by atoms with E-state index in [0.29, 0.717) is 0 Å². The van der Waals surface area contributed by atoms with E-state index in [9.17, 15) is 9.59 Å². The lowest BCUT2D eigenvalue weighted by Gasteiger charge is -2.37. The maximum atomic E-state index is 12.8. The zero-order valence-electron chi connectivity index (χ0n) is 21.0. The van der Waals surface area contributed by atoms with E-state index in [4.69, 9.17) is 18.9 Å². The molecule has 5 rings (SSSR count). The number of Topliss-reactive ketones (excluding diaryl/α,β-unsaturated/α-hetero) is 1. The molecule has 0 bridgehead atoms. The van der Waals surface area contributed by atoms with Gasteiger partial charge in [-0.2, -0.15) is 0 Å². The molecule has 0 saturated carbocycles. The molecule has 7 nitrogen and oxygen atoms in total. The zero-order valence-corrected chi connectivity index (χ0v) is 21.0. The summed E-state index contributed by atoms with van der Waals surface area (Å²) in [7, 11) is 1.16. The van der Waals surface area contributed by atoms with Crippen LogP contribution in [0.1, 0.15) is 30.5 Å². The molecule has 0 aliphatic carbocycles. The highest BCUT2D eigenvalue weighted by molar-refractivity contribution is 6.35. The van der Waals surface area contributed by atoms with E-state index >= 15 is 0 Å². The van der Waals surface area contributed by atoms with Crippen LogP contribution in [0.2, 0.25) is 0 Å². The summed E-state index contributed by atoms with van der Waals surface area (Å²) in [6.07, 6.45) is -3.17. The van der Waals surface area contributed by atoms with E-state index in [2.05, 4.69) is 4.74 Å². The predicted molar refractivity (Wildman–Crippen MR) is 135 cm³/mol. The highest BCUT2D eigenvalue weighted by Crippen LogP contribution is 2.43. The van der Waals surface area contributed by atoms with Crippen LogP contribution in [0.4, 0.5) is 0 Å². The standard InChI is InChI=1S/C30H30O7/c1-29(2)36-25-23(35-26(27(25)37-29)24(31)28(32)33-3)19-34-30(20-13-7-4-8-14-20,21-15-9-5-10-16-21)22-17-11-6-12-18-22/h4-18,23,25-27H,19H2,1-3H3/t23-,25-,26+,27-/m1/s1. The molecule has 0 N–H and O–H groups in total. The van der Waals surface area contributed by atoms with E-state index in [-0.39, 0.29) is 6.61 Å². The molecule has 3 aromatic carbocycles. The van der Waals surface area contributed by atoms with Crippen LogP contribution in [-0.2, 0) is 38.9 Å². The van der Waals surface area contributed by atoms with Gasteiger partial charge in [-0.3, -0.25) is 4.79 Å².